The second kappa shape index (κ2) is 5.91. The normalized spacial score (nSPS) is 16.7. The number of hydrogen-bond donors (Lipinski definition) is 1. The van der Waals surface area contributed by atoms with E-state index in [0.717, 1.165) is 42.0 Å². The van der Waals surface area contributed by atoms with E-state index in [2.05, 4.69) is 0 Å². The highest BCUT2D eigenvalue weighted by Gasteiger charge is 2.38. The largest absolute Gasteiger partial charge is 0.481 e. The molecule has 0 unspecified atom stereocenters. The molecule has 2 aromatic rings. The lowest BCUT2D eigenvalue weighted by molar-refractivity contribution is -0.139. The Balaban J connectivity index is 1.91. The third kappa shape index (κ3) is 2.89. The molecule has 22 heavy (non-hydrogen) atoms. The maximum absolute atomic E-state index is 12.8. The van der Waals surface area contributed by atoms with Crippen molar-refractivity contribution in [2.75, 3.05) is 0 Å². The molecule has 0 heterocycles. The molecule has 0 bridgehead atoms. The highest BCUT2D eigenvalue weighted by Crippen LogP contribution is 2.45. The van der Waals surface area contributed by atoms with Crippen molar-refractivity contribution in [3.8, 4) is 0 Å². The number of carboxylic acid groups (broad SMARTS) is 1. The number of carboxylic acids is 1. The van der Waals surface area contributed by atoms with Gasteiger partial charge in [-0.25, -0.2) is 0 Å². The van der Waals surface area contributed by atoms with Crippen molar-refractivity contribution >= 4 is 22.5 Å². The summed E-state index contributed by atoms with van der Waals surface area (Å²) < 4.78 is 0. The molecule has 0 aliphatic heterocycles. The summed E-state index contributed by atoms with van der Waals surface area (Å²) in [6.45, 7) is 0. The lowest BCUT2D eigenvalue weighted by atomic mass is 9.77. The first-order chi connectivity index (χ1) is 10.6. The van der Waals surface area contributed by atoms with Crippen LogP contribution in [0.15, 0.2) is 42.5 Å². The Bertz CT molecular complexity index is 706. The van der Waals surface area contributed by atoms with Crippen molar-refractivity contribution < 1.29 is 14.7 Å². The second-order valence-corrected chi connectivity index (χ2v) is 6.40. The lowest BCUT2D eigenvalue weighted by Gasteiger charge is -2.26. The Hall–Kier alpha value is -2.16. The fourth-order valence-electron chi connectivity index (χ4n) is 3.77. The molecule has 0 radical (unpaired) electrons. The molecule has 0 amide bonds. The van der Waals surface area contributed by atoms with Crippen molar-refractivity contribution in [3.05, 3.63) is 48.0 Å². The van der Waals surface area contributed by atoms with Gasteiger partial charge in [-0.1, -0.05) is 55.3 Å². The van der Waals surface area contributed by atoms with Crippen molar-refractivity contribution in [1.82, 2.24) is 0 Å². The van der Waals surface area contributed by atoms with E-state index < -0.39 is 5.97 Å². The molecule has 1 fully saturated rings. The van der Waals surface area contributed by atoms with Crippen LogP contribution in [0.4, 0.5) is 0 Å². The van der Waals surface area contributed by atoms with Gasteiger partial charge in [0.1, 0.15) is 0 Å². The predicted molar refractivity (Wildman–Crippen MR) is 86.0 cm³/mol. The van der Waals surface area contributed by atoms with E-state index in [-0.39, 0.29) is 17.6 Å². The molecule has 0 atom stereocenters. The molecule has 3 heteroatoms. The summed E-state index contributed by atoms with van der Waals surface area (Å²) in [5, 5.41) is 11.2. The zero-order valence-corrected chi connectivity index (χ0v) is 12.5. The molecule has 2 aromatic carbocycles. The van der Waals surface area contributed by atoms with Gasteiger partial charge in [-0.3, -0.25) is 9.59 Å². The average molecular weight is 296 g/mol. The van der Waals surface area contributed by atoms with Crippen LogP contribution in [-0.4, -0.2) is 16.9 Å². The molecule has 0 spiro atoms. The van der Waals surface area contributed by atoms with E-state index >= 15 is 0 Å². The monoisotopic (exact) mass is 296 g/mol. The first kappa shape index (κ1) is 14.8. The van der Waals surface area contributed by atoms with Crippen LogP contribution < -0.4 is 0 Å². The zero-order chi connectivity index (χ0) is 15.6. The quantitative estimate of drug-likeness (QED) is 0.829. The lowest BCUT2D eigenvalue weighted by Crippen LogP contribution is -2.24. The van der Waals surface area contributed by atoms with E-state index in [9.17, 15) is 14.7 Å². The highest BCUT2D eigenvalue weighted by molar-refractivity contribution is 6.08. The minimum absolute atomic E-state index is 0.0694. The van der Waals surface area contributed by atoms with Crippen LogP contribution in [0.3, 0.4) is 0 Å². The number of benzene rings is 2. The van der Waals surface area contributed by atoms with E-state index in [1.165, 1.54) is 0 Å². The number of hydrogen-bond acceptors (Lipinski definition) is 2. The van der Waals surface area contributed by atoms with Crippen LogP contribution in [0, 0.1) is 5.41 Å². The molecule has 114 valence electrons. The summed E-state index contributed by atoms with van der Waals surface area (Å²) in [5.41, 5.74) is 0.370. The van der Waals surface area contributed by atoms with E-state index in [0.29, 0.717) is 6.42 Å². The topological polar surface area (TPSA) is 54.4 Å². The second-order valence-electron chi connectivity index (χ2n) is 6.40. The number of fused-ring (bicyclic) bond motifs is 1. The third-order valence-electron chi connectivity index (χ3n) is 4.82. The van der Waals surface area contributed by atoms with E-state index in [4.69, 9.17) is 0 Å². The Morgan fingerprint density at radius 2 is 1.64 bits per heavy atom. The van der Waals surface area contributed by atoms with Gasteiger partial charge >= 0.3 is 5.97 Å². The highest BCUT2D eigenvalue weighted by atomic mass is 16.4. The summed E-state index contributed by atoms with van der Waals surface area (Å²) in [6.07, 6.45) is 4.18. The van der Waals surface area contributed by atoms with Gasteiger partial charge in [-0.05, 0) is 29.0 Å². The molecule has 1 N–H and O–H groups in total. The Morgan fingerprint density at radius 1 is 0.955 bits per heavy atom. The summed E-state index contributed by atoms with van der Waals surface area (Å²) in [5.74, 6) is -0.729. The summed E-state index contributed by atoms with van der Waals surface area (Å²) in [4.78, 5) is 24.0. The molecule has 1 aliphatic rings. The molecule has 0 aromatic heterocycles. The summed E-state index contributed by atoms with van der Waals surface area (Å²) >= 11 is 0. The van der Waals surface area contributed by atoms with Gasteiger partial charge in [-0.2, -0.15) is 0 Å². The third-order valence-corrected chi connectivity index (χ3v) is 4.82. The van der Waals surface area contributed by atoms with Crippen molar-refractivity contribution in [2.24, 2.45) is 5.41 Å². The zero-order valence-electron chi connectivity index (χ0n) is 12.5. The van der Waals surface area contributed by atoms with Crippen molar-refractivity contribution in [1.29, 1.82) is 0 Å². The molecular formula is C19H20O3. The SMILES string of the molecule is O=C(O)CC1(CC(=O)c2cccc3ccccc23)CCCC1. The van der Waals surface area contributed by atoms with Gasteiger partial charge in [0.25, 0.3) is 0 Å². The Kier molecular flexibility index (Phi) is 3.97. The number of carbonyl (C=O) groups is 2. The number of carbonyl (C=O) groups excluding carboxylic acids is 1. The first-order valence-electron chi connectivity index (χ1n) is 7.82. The molecular weight excluding hydrogens is 276 g/mol. The van der Waals surface area contributed by atoms with Gasteiger partial charge < -0.3 is 5.11 Å². The molecule has 3 rings (SSSR count). The van der Waals surface area contributed by atoms with Crippen LogP contribution in [0.25, 0.3) is 10.8 Å². The Morgan fingerprint density at radius 3 is 2.36 bits per heavy atom. The number of Topliss-reactive ketones (excluding diaryl/α,β-unsaturated/α-hetero) is 1. The van der Waals surface area contributed by atoms with Crippen LogP contribution in [0.2, 0.25) is 0 Å². The minimum Gasteiger partial charge on any atom is -0.481 e. The number of aliphatic carboxylic acids is 1. The van der Waals surface area contributed by atoms with Gasteiger partial charge in [0.15, 0.2) is 5.78 Å². The Labute approximate surface area is 130 Å². The van der Waals surface area contributed by atoms with Crippen LogP contribution in [0.1, 0.15) is 48.9 Å². The van der Waals surface area contributed by atoms with Gasteiger partial charge in [0.2, 0.25) is 0 Å². The molecule has 1 saturated carbocycles. The maximum atomic E-state index is 12.8. The van der Waals surface area contributed by atoms with Crippen molar-refractivity contribution in [3.63, 3.8) is 0 Å². The standard InChI is InChI=1S/C19H20O3/c20-17(12-19(13-18(21)22)10-3-4-11-19)16-9-5-7-14-6-1-2-8-15(14)16/h1-2,5-9H,3-4,10-13H2,(H,21,22). The summed E-state index contributed by atoms with van der Waals surface area (Å²) in [6, 6.07) is 13.6. The van der Waals surface area contributed by atoms with E-state index in [1.54, 1.807) is 0 Å². The summed E-state index contributed by atoms with van der Waals surface area (Å²) in [7, 11) is 0. The van der Waals surface area contributed by atoms with Crippen molar-refractivity contribution in [2.45, 2.75) is 38.5 Å². The van der Waals surface area contributed by atoms with Gasteiger partial charge in [-0.15, -0.1) is 0 Å². The predicted octanol–water partition coefficient (Wildman–Crippen LogP) is 4.45. The number of ketones is 1. The van der Waals surface area contributed by atoms with Crippen LogP contribution in [-0.2, 0) is 4.79 Å². The smallest absolute Gasteiger partial charge is 0.303 e. The molecule has 1 aliphatic carbocycles. The first-order valence-corrected chi connectivity index (χ1v) is 7.82. The maximum Gasteiger partial charge on any atom is 0.303 e. The minimum atomic E-state index is -0.799. The van der Waals surface area contributed by atoms with E-state index in [1.807, 2.05) is 42.5 Å². The average Bonchev–Trinajstić information content (AvgIpc) is 2.93. The molecule has 3 nitrogen and oxygen atoms in total. The van der Waals surface area contributed by atoms with Gasteiger partial charge in [0, 0.05) is 12.0 Å². The number of rotatable bonds is 5. The van der Waals surface area contributed by atoms with Crippen LogP contribution in [0.5, 0.6) is 0 Å². The molecule has 0 saturated heterocycles. The fourth-order valence-corrected chi connectivity index (χ4v) is 3.77. The van der Waals surface area contributed by atoms with Gasteiger partial charge in [0.05, 0.1) is 6.42 Å². The fraction of sp³-hybridized carbons (Fsp3) is 0.368. The van der Waals surface area contributed by atoms with Crippen LogP contribution >= 0.6 is 0 Å².